The zero-order valence-electron chi connectivity index (χ0n) is 18.3. The van der Waals surface area contributed by atoms with Crippen molar-refractivity contribution in [2.45, 2.75) is 72.0 Å². The Morgan fingerprint density at radius 2 is 1.50 bits per heavy atom. The summed E-state index contributed by atoms with van der Waals surface area (Å²) in [6, 6.07) is 6.13. The molecule has 0 aliphatic heterocycles. The molecule has 2 atom stereocenters. The van der Waals surface area contributed by atoms with E-state index in [0.717, 1.165) is 16.7 Å². The molecule has 0 amide bonds. The highest BCUT2D eigenvalue weighted by Crippen LogP contribution is 2.28. The van der Waals surface area contributed by atoms with E-state index in [-0.39, 0.29) is 23.8 Å². The summed E-state index contributed by atoms with van der Waals surface area (Å²) < 4.78 is 10.2. The van der Waals surface area contributed by atoms with E-state index in [4.69, 9.17) is 9.47 Å². The third-order valence-electron chi connectivity index (χ3n) is 4.31. The Balaban J connectivity index is 3.20. The summed E-state index contributed by atoms with van der Waals surface area (Å²) in [6.07, 6.45) is 0.666. The van der Waals surface area contributed by atoms with Gasteiger partial charge >= 0.3 is 11.9 Å². The van der Waals surface area contributed by atoms with Crippen molar-refractivity contribution >= 4 is 20.0 Å². The van der Waals surface area contributed by atoms with Gasteiger partial charge in [0.25, 0.3) is 0 Å². The highest BCUT2D eigenvalue weighted by molar-refractivity contribution is 6.83. The predicted octanol–water partition coefficient (Wildman–Crippen LogP) is 5.03. The summed E-state index contributed by atoms with van der Waals surface area (Å²) in [7, 11) is -1.55. The lowest BCUT2D eigenvalue weighted by Crippen LogP contribution is -2.16. The molecule has 0 N–H and O–H groups in total. The molecule has 0 heterocycles. The maximum absolute atomic E-state index is 11.9. The van der Waals surface area contributed by atoms with Gasteiger partial charge in [-0.2, -0.15) is 0 Å². The van der Waals surface area contributed by atoms with Gasteiger partial charge in [-0.15, -0.1) is 5.54 Å². The van der Waals surface area contributed by atoms with Crippen LogP contribution in [-0.4, -0.2) is 33.2 Å². The second kappa shape index (κ2) is 11.1. The van der Waals surface area contributed by atoms with Gasteiger partial charge in [0.2, 0.25) is 0 Å². The Bertz CT molecular complexity index is 737. The van der Waals surface area contributed by atoms with E-state index in [1.165, 1.54) is 0 Å². The molecule has 0 bridgehead atoms. The van der Waals surface area contributed by atoms with Gasteiger partial charge in [-0.1, -0.05) is 51.5 Å². The Hall–Kier alpha value is -2.06. The summed E-state index contributed by atoms with van der Waals surface area (Å²) in [4.78, 5) is 23.7. The first-order valence-corrected chi connectivity index (χ1v) is 13.6. The second-order valence-corrected chi connectivity index (χ2v) is 12.9. The smallest absolute Gasteiger partial charge is 0.306 e. The van der Waals surface area contributed by atoms with Crippen LogP contribution in [0.1, 0.15) is 69.1 Å². The van der Waals surface area contributed by atoms with Crippen molar-refractivity contribution in [1.82, 2.24) is 0 Å². The van der Waals surface area contributed by atoms with Crippen LogP contribution in [0.5, 0.6) is 0 Å². The Morgan fingerprint density at radius 1 is 0.964 bits per heavy atom. The van der Waals surface area contributed by atoms with E-state index < -0.39 is 8.07 Å². The number of esters is 2. The molecule has 0 fully saturated rings. The molecular formula is C23H34O4Si. The highest BCUT2D eigenvalue weighted by atomic mass is 28.3. The van der Waals surface area contributed by atoms with Gasteiger partial charge in [0.05, 0.1) is 26.1 Å². The third-order valence-corrected chi connectivity index (χ3v) is 5.18. The van der Waals surface area contributed by atoms with E-state index in [2.05, 4.69) is 37.2 Å². The van der Waals surface area contributed by atoms with Crippen molar-refractivity contribution in [3.63, 3.8) is 0 Å². The summed E-state index contributed by atoms with van der Waals surface area (Å²) in [6.45, 7) is 15.1. The molecule has 4 nitrogen and oxygen atoms in total. The summed E-state index contributed by atoms with van der Waals surface area (Å²) >= 11 is 0. The Morgan fingerprint density at radius 3 is 2.00 bits per heavy atom. The van der Waals surface area contributed by atoms with Crippen LogP contribution in [-0.2, 0) is 19.1 Å². The first-order chi connectivity index (χ1) is 13.1. The van der Waals surface area contributed by atoms with Crippen LogP contribution < -0.4 is 0 Å². The first-order valence-electron chi connectivity index (χ1n) is 10.1. The van der Waals surface area contributed by atoms with Gasteiger partial charge in [0, 0.05) is 5.56 Å². The molecule has 0 saturated carbocycles. The van der Waals surface area contributed by atoms with Crippen molar-refractivity contribution in [3.05, 3.63) is 34.9 Å². The minimum absolute atomic E-state index is 0.0133. The van der Waals surface area contributed by atoms with Crippen molar-refractivity contribution in [3.8, 4) is 11.5 Å². The topological polar surface area (TPSA) is 52.6 Å². The number of carbonyl (C=O) groups excluding carboxylic acids is 2. The largest absolute Gasteiger partial charge is 0.466 e. The SMILES string of the molecule is CCOC(=O)CC(C)c1ccc(C(C)CC(=O)OCC)c(C#C[Si](C)(C)C)c1. The number of ether oxygens (including phenoxy) is 2. The fourth-order valence-electron chi connectivity index (χ4n) is 2.84. The van der Waals surface area contributed by atoms with Gasteiger partial charge < -0.3 is 9.47 Å². The standard InChI is InChI=1S/C23H34O4Si/c1-8-26-22(24)14-17(3)19-10-11-21(18(4)15-23(25)27-9-2)20(16-19)12-13-28(5,6)7/h10-11,16-18H,8-9,14-15H2,1-7H3. The molecule has 1 aromatic carbocycles. The predicted molar refractivity (Wildman–Crippen MR) is 116 cm³/mol. The third kappa shape index (κ3) is 8.31. The highest BCUT2D eigenvalue weighted by Gasteiger charge is 2.18. The minimum atomic E-state index is -1.55. The monoisotopic (exact) mass is 402 g/mol. The molecule has 1 aromatic rings. The molecule has 0 radical (unpaired) electrons. The minimum Gasteiger partial charge on any atom is -0.466 e. The average molecular weight is 403 g/mol. The molecule has 0 aromatic heterocycles. The fraction of sp³-hybridized carbons (Fsp3) is 0.565. The molecule has 28 heavy (non-hydrogen) atoms. The van der Waals surface area contributed by atoms with Crippen LogP contribution in [0.3, 0.4) is 0 Å². The van der Waals surface area contributed by atoms with E-state index in [1.54, 1.807) is 0 Å². The van der Waals surface area contributed by atoms with Gasteiger partial charge in [-0.3, -0.25) is 9.59 Å². The number of benzene rings is 1. The first kappa shape index (κ1) is 24.0. The van der Waals surface area contributed by atoms with Crippen LogP contribution in [0, 0.1) is 11.5 Å². The lowest BCUT2D eigenvalue weighted by atomic mass is 9.88. The molecule has 0 saturated heterocycles. The van der Waals surface area contributed by atoms with Crippen molar-refractivity contribution in [2.24, 2.45) is 0 Å². The molecular weight excluding hydrogens is 368 g/mol. The molecule has 2 unspecified atom stereocenters. The van der Waals surface area contributed by atoms with E-state index in [1.807, 2.05) is 39.8 Å². The van der Waals surface area contributed by atoms with E-state index in [0.29, 0.717) is 26.1 Å². The van der Waals surface area contributed by atoms with Gasteiger partial charge in [0.15, 0.2) is 0 Å². The van der Waals surface area contributed by atoms with Crippen LogP contribution in [0.15, 0.2) is 18.2 Å². The van der Waals surface area contributed by atoms with Crippen LogP contribution in [0.4, 0.5) is 0 Å². The quantitative estimate of drug-likeness (QED) is 0.348. The lowest BCUT2D eigenvalue weighted by molar-refractivity contribution is -0.144. The number of rotatable bonds is 8. The van der Waals surface area contributed by atoms with Crippen molar-refractivity contribution in [1.29, 1.82) is 0 Å². The summed E-state index contributed by atoms with van der Waals surface area (Å²) in [5, 5.41) is 0. The molecule has 0 aliphatic rings. The Kier molecular flexibility index (Phi) is 9.47. The van der Waals surface area contributed by atoms with Crippen LogP contribution in [0.2, 0.25) is 19.6 Å². The molecule has 5 heteroatoms. The van der Waals surface area contributed by atoms with E-state index >= 15 is 0 Å². The van der Waals surface area contributed by atoms with Gasteiger partial charge in [-0.25, -0.2) is 0 Å². The maximum atomic E-state index is 11.9. The molecule has 0 spiro atoms. The van der Waals surface area contributed by atoms with Crippen LogP contribution >= 0.6 is 0 Å². The Labute approximate surface area is 171 Å². The van der Waals surface area contributed by atoms with Gasteiger partial charge in [0.1, 0.15) is 8.07 Å². The van der Waals surface area contributed by atoms with Crippen molar-refractivity contribution < 1.29 is 19.1 Å². The number of carbonyl (C=O) groups is 2. The zero-order valence-corrected chi connectivity index (χ0v) is 19.3. The van der Waals surface area contributed by atoms with Gasteiger partial charge in [-0.05, 0) is 42.9 Å². The molecule has 154 valence electrons. The normalized spacial score (nSPS) is 13.1. The average Bonchev–Trinajstić information content (AvgIpc) is 2.59. The van der Waals surface area contributed by atoms with E-state index in [9.17, 15) is 9.59 Å². The number of hydrogen-bond donors (Lipinski definition) is 0. The maximum Gasteiger partial charge on any atom is 0.306 e. The lowest BCUT2D eigenvalue weighted by Gasteiger charge is -2.17. The van der Waals surface area contributed by atoms with Crippen molar-refractivity contribution in [2.75, 3.05) is 13.2 Å². The molecule has 1 rings (SSSR count). The number of hydrogen-bond acceptors (Lipinski definition) is 4. The summed E-state index contributed by atoms with van der Waals surface area (Å²) in [5.41, 5.74) is 6.46. The second-order valence-electron chi connectivity index (χ2n) is 8.17. The fourth-order valence-corrected chi connectivity index (χ4v) is 3.35. The zero-order chi connectivity index (χ0) is 21.3. The van der Waals surface area contributed by atoms with Crippen LogP contribution in [0.25, 0.3) is 0 Å². The molecule has 0 aliphatic carbocycles. The summed E-state index contributed by atoms with van der Waals surface area (Å²) in [5.74, 6) is 3.03.